The predicted molar refractivity (Wildman–Crippen MR) is 74.7 cm³/mol. The Hall–Kier alpha value is -0.530. The molecule has 0 spiro atoms. The smallest absolute Gasteiger partial charge is 0.0406 e. The van der Waals surface area contributed by atoms with Crippen molar-refractivity contribution in [2.24, 2.45) is 5.41 Å². The minimum absolute atomic E-state index is 0.471. The van der Waals surface area contributed by atoms with Gasteiger partial charge in [0.2, 0.25) is 0 Å². The Labute approximate surface area is 110 Å². The summed E-state index contributed by atoms with van der Waals surface area (Å²) in [5.74, 6) is 0.628. The van der Waals surface area contributed by atoms with Crippen LogP contribution >= 0.6 is 11.6 Å². The summed E-state index contributed by atoms with van der Waals surface area (Å²) in [6, 6.07) is 8.42. The molecule has 94 valence electrons. The molecule has 1 saturated heterocycles. The van der Waals surface area contributed by atoms with Gasteiger partial charge < -0.3 is 5.32 Å². The first-order valence-corrected chi connectivity index (χ1v) is 7.06. The van der Waals surface area contributed by atoms with Crippen LogP contribution in [-0.2, 0) is 0 Å². The summed E-state index contributed by atoms with van der Waals surface area (Å²) in [5.41, 5.74) is 1.91. The zero-order valence-electron chi connectivity index (χ0n) is 10.8. The van der Waals surface area contributed by atoms with E-state index in [2.05, 4.69) is 31.3 Å². The molecular weight excluding hydrogens is 230 g/mol. The highest BCUT2D eigenvalue weighted by atomic mass is 35.5. The van der Waals surface area contributed by atoms with E-state index in [0.717, 1.165) is 18.1 Å². The highest BCUT2D eigenvalue weighted by Gasteiger charge is 2.38. The van der Waals surface area contributed by atoms with Crippen LogP contribution in [0.2, 0.25) is 5.02 Å². The Morgan fingerprint density at radius 3 is 2.47 bits per heavy atom. The van der Waals surface area contributed by atoms with Crippen molar-refractivity contribution in [3.8, 4) is 0 Å². The summed E-state index contributed by atoms with van der Waals surface area (Å²) in [6.45, 7) is 6.92. The fourth-order valence-electron chi connectivity index (χ4n) is 3.24. The number of hydrogen-bond donors (Lipinski definition) is 1. The van der Waals surface area contributed by atoms with E-state index in [1.807, 2.05) is 12.1 Å². The van der Waals surface area contributed by atoms with Crippen LogP contribution in [0, 0.1) is 5.41 Å². The maximum atomic E-state index is 5.97. The Bertz CT molecular complexity index is 354. The van der Waals surface area contributed by atoms with Crippen molar-refractivity contribution in [1.29, 1.82) is 0 Å². The molecule has 1 aliphatic heterocycles. The van der Waals surface area contributed by atoms with E-state index in [1.165, 1.54) is 24.8 Å². The lowest BCUT2D eigenvalue weighted by Crippen LogP contribution is -2.43. The monoisotopic (exact) mass is 251 g/mol. The SMILES string of the molecule is CCC1(CC)CCNCC1c1ccc(Cl)cc1. The Kier molecular flexibility index (Phi) is 4.11. The number of rotatable bonds is 3. The van der Waals surface area contributed by atoms with Gasteiger partial charge in [0.15, 0.2) is 0 Å². The molecule has 1 aromatic carbocycles. The number of piperidine rings is 1. The molecule has 0 saturated carbocycles. The van der Waals surface area contributed by atoms with Crippen molar-refractivity contribution in [2.75, 3.05) is 13.1 Å². The first-order chi connectivity index (χ1) is 8.22. The summed E-state index contributed by atoms with van der Waals surface area (Å²) < 4.78 is 0. The minimum Gasteiger partial charge on any atom is -0.316 e. The van der Waals surface area contributed by atoms with Gasteiger partial charge in [-0.1, -0.05) is 37.6 Å². The van der Waals surface area contributed by atoms with Crippen molar-refractivity contribution in [3.63, 3.8) is 0 Å². The summed E-state index contributed by atoms with van der Waals surface area (Å²) in [6.07, 6.45) is 3.81. The van der Waals surface area contributed by atoms with Gasteiger partial charge in [-0.15, -0.1) is 0 Å². The number of halogens is 1. The topological polar surface area (TPSA) is 12.0 Å². The molecule has 2 heteroatoms. The van der Waals surface area contributed by atoms with E-state index in [-0.39, 0.29) is 0 Å². The standard InChI is InChI=1S/C15H22ClN/c1-3-15(4-2)9-10-17-11-14(15)12-5-7-13(16)8-6-12/h5-8,14,17H,3-4,9-11H2,1-2H3. The Morgan fingerprint density at radius 1 is 1.24 bits per heavy atom. The van der Waals surface area contributed by atoms with Crippen LogP contribution in [0.15, 0.2) is 24.3 Å². The molecule has 1 unspecified atom stereocenters. The van der Waals surface area contributed by atoms with Gasteiger partial charge in [-0.3, -0.25) is 0 Å². The third-order valence-corrected chi connectivity index (χ3v) is 4.82. The van der Waals surface area contributed by atoms with Gasteiger partial charge in [-0.05, 0) is 48.9 Å². The molecule has 1 N–H and O–H groups in total. The molecule has 1 heterocycles. The van der Waals surface area contributed by atoms with E-state index in [4.69, 9.17) is 11.6 Å². The minimum atomic E-state index is 0.471. The van der Waals surface area contributed by atoms with E-state index in [0.29, 0.717) is 11.3 Å². The second kappa shape index (κ2) is 5.41. The molecule has 0 radical (unpaired) electrons. The average molecular weight is 252 g/mol. The maximum Gasteiger partial charge on any atom is 0.0406 e. The summed E-state index contributed by atoms with van der Waals surface area (Å²) in [4.78, 5) is 0. The lowest BCUT2D eigenvalue weighted by Gasteiger charge is -2.44. The summed E-state index contributed by atoms with van der Waals surface area (Å²) in [7, 11) is 0. The summed E-state index contributed by atoms with van der Waals surface area (Å²) in [5, 5.41) is 4.37. The number of hydrogen-bond acceptors (Lipinski definition) is 1. The van der Waals surface area contributed by atoms with E-state index in [9.17, 15) is 0 Å². The third kappa shape index (κ3) is 2.51. The van der Waals surface area contributed by atoms with Crippen LogP contribution < -0.4 is 5.32 Å². The number of nitrogens with one attached hydrogen (secondary N) is 1. The molecule has 17 heavy (non-hydrogen) atoms. The van der Waals surface area contributed by atoms with Gasteiger partial charge in [0, 0.05) is 17.5 Å². The van der Waals surface area contributed by atoms with E-state index in [1.54, 1.807) is 0 Å². The Balaban J connectivity index is 2.30. The van der Waals surface area contributed by atoms with Crippen molar-refractivity contribution < 1.29 is 0 Å². The van der Waals surface area contributed by atoms with Crippen molar-refractivity contribution in [1.82, 2.24) is 5.32 Å². The van der Waals surface area contributed by atoms with Crippen molar-refractivity contribution >= 4 is 11.6 Å². The van der Waals surface area contributed by atoms with Crippen LogP contribution in [-0.4, -0.2) is 13.1 Å². The zero-order chi connectivity index (χ0) is 12.3. The summed E-state index contributed by atoms with van der Waals surface area (Å²) >= 11 is 5.97. The van der Waals surface area contributed by atoms with Gasteiger partial charge in [-0.25, -0.2) is 0 Å². The van der Waals surface area contributed by atoms with Crippen LogP contribution in [0.5, 0.6) is 0 Å². The zero-order valence-corrected chi connectivity index (χ0v) is 11.6. The van der Waals surface area contributed by atoms with E-state index < -0.39 is 0 Å². The molecule has 0 bridgehead atoms. The van der Waals surface area contributed by atoms with Gasteiger partial charge in [0.1, 0.15) is 0 Å². The Morgan fingerprint density at radius 2 is 1.88 bits per heavy atom. The quantitative estimate of drug-likeness (QED) is 0.848. The van der Waals surface area contributed by atoms with Crippen LogP contribution in [0.3, 0.4) is 0 Å². The van der Waals surface area contributed by atoms with Gasteiger partial charge in [0.05, 0.1) is 0 Å². The van der Waals surface area contributed by atoms with Gasteiger partial charge in [-0.2, -0.15) is 0 Å². The molecule has 1 aliphatic rings. The molecule has 0 amide bonds. The van der Waals surface area contributed by atoms with Crippen molar-refractivity contribution in [3.05, 3.63) is 34.9 Å². The first-order valence-electron chi connectivity index (χ1n) is 6.68. The molecule has 1 fully saturated rings. The van der Waals surface area contributed by atoms with Crippen molar-refractivity contribution in [2.45, 2.75) is 39.0 Å². The van der Waals surface area contributed by atoms with E-state index >= 15 is 0 Å². The fourth-order valence-corrected chi connectivity index (χ4v) is 3.36. The molecule has 0 aliphatic carbocycles. The lowest BCUT2D eigenvalue weighted by atomic mass is 9.65. The normalized spacial score (nSPS) is 23.6. The number of benzene rings is 1. The lowest BCUT2D eigenvalue weighted by molar-refractivity contribution is 0.148. The first kappa shape index (κ1) is 12.9. The molecule has 0 aromatic heterocycles. The van der Waals surface area contributed by atoms with Gasteiger partial charge >= 0.3 is 0 Å². The maximum absolute atomic E-state index is 5.97. The van der Waals surface area contributed by atoms with Crippen LogP contribution in [0.4, 0.5) is 0 Å². The second-order valence-electron chi connectivity index (χ2n) is 5.13. The van der Waals surface area contributed by atoms with Crippen LogP contribution in [0.1, 0.15) is 44.6 Å². The molecule has 1 atom stereocenters. The molecular formula is C15H22ClN. The highest BCUT2D eigenvalue weighted by molar-refractivity contribution is 6.30. The molecule has 1 aromatic rings. The largest absolute Gasteiger partial charge is 0.316 e. The fraction of sp³-hybridized carbons (Fsp3) is 0.600. The molecule has 1 nitrogen and oxygen atoms in total. The third-order valence-electron chi connectivity index (χ3n) is 4.57. The van der Waals surface area contributed by atoms with Crippen LogP contribution in [0.25, 0.3) is 0 Å². The predicted octanol–water partition coefficient (Wildman–Crippen LogP) is 4.22. The second-order valence-corrected chi connectivity index (χ2v) is 5.56. The average Bonchev–Trinajstić information content (AvgIpc) is 2.39. The van der Waals surface area contributed by atoms with Gasteiger partial charge in [0.25, 0.3) is 0 Å². The highest BCUT2D eigenvalue weighted by Crippen LogP contribution is 2.46. The molecule has 2 rings (SSSR count).